The summed E-state index contributed by atoms with van der Waals surface area (Å²) in [5.41, 5.74) is 1.66. The number of carbonyl (C=O) groups is 2. The van der Waals surface area contributed by atoms with E-state index in [1.165, 1.54) is 0 Å². The van der Waals surface area contributed by atoms with E-state index in [9.17, 15) is 9.59 Å². The molecule has 0 saturated carbocycles. The van der Waals surface area contributed by atoms with Crippen LogP contribution in [0.25, 0.3) is 0 Å². The third kappa shape index (κ3) is 3.58. The summed E-state index contributed by atoms with van der Waals surface area (Å²) in [7, 11) is 1.57. The quantitative estimate of drug-likeness (QED) is 0.848. The Balaban J connectivity index is 2.78. The third-order valence-electron chi connectivity index (χ3n) is 2.80. The molecule has 0 aliphatic heterocycles. The topological polar surface area (TPSA) is 58.2 Å². The molecule has 1 aromatic rings. The average molecular weight is 248 g/mol. The molecule has 2 amide bonds. The molecule has 1 rings (SSSR count). The predicted octanol–water partition coefficient (Wildman–Crippen LogP) is 1.50. The Morgan fingerprint density at radius 2 is 1.67 bits per heavy atom. The summed E-state index contributed by atoms with van der Waals surface area (Å²) in [6, 6.07) is 6.75. The Hall–Kier alpha value is -1.84. The van der Waals surface area contributed by atoms with Gasteiger partial charge in [-0.15, -0.1) is 0 Å². The van der Waals surface area contributed by atoms with Crippen molar-refractivity contribution in [2.24, 2.45) is 5.92 Å². The van der Waals surface area contributed by atoms with Crippen LogP contribution in [0.15, 0.2) is 24.3 Å². The minimum Gasteiger partial charge on any atom is -0.357 e. The fraction of sp³-hybridized carbons (Fsp3) is 0.429. The van der Waals surface area contributed by atoms with Crippen LogP contribution in [0.2, 0.25) is 0 Å². The number of amides is 2. The number of hydrogen-bond acceptors (Lipinski definition) is 2. The fourth-order valence-corrected chi connectivity index (χ4v) is 1.62. The van der Waals surface area contributed by atoms with E-state index < -0.39 is 6.04 Å². The van der Waals surface area contributed by atoms with Crippen molar-refractivity contribution in [3.8, 4) is 0 Å². The normalized spacial score (nSPS) is 12.1. The van der Waals surface area contributed by atoms with E-state index in [4.69, 9.17) is 0 Å². The van der Waals surface area contributed by atoms with E-state index in [2.05, 4.69) is 10.6 Å². The van der Waals surface area contributed by atoms with Crippen LogP contribution in [0.4, 0.5) is 0 Å². The maximum absolute atomic E-state index is 12.0. The van der Waals surface area contributed by atoms with Crippen LogP contribution in [0.3, 0.4) is 0 Å². The Morgan fingerprint density at radius 3 is 2.11 bits per heavy atom. The van der Waals surface area contributed by atoms with Gasteiger partial charge in [0.05, 0.1) is 0 Å². The molecule has 1 atom stereocenters. The SMILES string of the molecule is CNC(=O)[C@@H](NC(=O)c1ccc(C)cc1)C(C)C. The van der Waals surface area contributed by atoms with Crippen molar-refractivity contribution in [2.75, 3.05) is 7.05 Å². The second-order valence-corrected chi connectivity index (χ2v) is 4.68. The Bertz CT molecular complexity index is 424. The molecule has 0 spiro atoms. The van der Waals surface area contributed by atoms with Gasteiger partial charge in [0.25, 0.3) is 5.91 Å². The van der Waals surface area contributed by atoms with Crippen molar-refractivity contribution in [2.45, 2.75) is 26.8 Å². The number of carbonyl (C=O) groups excluding carboxylic acids is 2. The molecule has 0 aromatic heterocycles. The summed E-state index contributed by atoms with van der Waals surface area (Å²) < 4.78 is 0. The lowest BCUT2D eigenvalue weighted by atomic mass is 10.0. The van der Waals surface area contributed by atoms with E-state index >= 15 is 0 Å². The van der Waals surface area contributed by atoms with Crippen molar-refractivity contribution in [3.63, 3.8) is 0 Å². The lowest BCUT2D eigenvalue weighted by Gasteiger charge is -2.20. The molecule has 98 valence electrons. The summed E-state index contributed by atoms with van der Waals surface area (Å²) in [6.07, 6.45) is 0. The van der Waals surface area contributed by atoms with Crippen molar-refractivity contribution in [1.29, 1.82) is 0 Å². The fourth-order valence-electron chi connectivity index (χ4n) is 1.62. The number of hydrogen-bond donors (Lipinski definition) is 2. The monoisotopic (exact) mass is 248 g/mol. The van der Waals surface area contributed by atoms with Crippen LogP contribution < -0.4 is 10.6 Å². The summed E-state index contributed by atoms with van der Waals surface area (Å²) in [4.78, 5) is 23.6. The first-order valence-corrected chi connectivity index (χ1v) is 6.04. The molecule has 1 aromatic carbocycles. The highest BCUT2D eigenvalue weighted by atomic mass is 16.2. The summed E-state index contributed by atoms with van der Waals surface area (Å²) >= 11 is 0. The lowest BCUT2D eigenvalue weighted by molar-refractivity contribution is -0.123. The smallest absolute Gasteiger partial charge is 0.251 e. The number of likely N-dealkylation sites (N-methyl/N-ethyl adjacent to an activating group) is 1. The van der Waals surface area contributed by atoms with Crippen LogP contribution in [-0.4, -0.2) is 24.9 Å². The largest absolute Gasteiger partial charge is 0.357 e. The molecule has 0 aliphatic carbocycles. The third-order valence-corrected chi connectivity index (χ3v) is 2.80. The summed E-state index contributed by atoms with van der Waals surface area (Å²) in [5, 5.41) is 5.31. The van der Waals surface area contributed by atoms with Crippen LogP contribution >= 0.6 is 0 Å². The maximum atomic E-state index is 12.0. The van der Waals surface area contributed by atoms with Crippen LogP contribution in [0.1, 0.15) is 29.8 Å². The lowest BCUT2D eigenvalue weighted by Crippen LogP contribution is -2.48. The van der Waals surface area contributed by atoms with Gasteiger partial charge in [-0.3, -0.25) is 9.59 Å². The summed E-state index contributed by atoms with van der Waals surface area (Å²) in [5.74, 6) is -0.359. The van der Waals surface area contributed by atoms with Gasteiger partial charge in [-0.2, -0.15) is 0 Å². The number of aryl methyl sites for hydroxylation is 1. The molecule has 0 fully saturated rings. The molecule has 2 N–H and O–H groups in total. The van der Waals surface area contributed by atoms with E-state index in [1.807, 2.05) is 32.9 Å². The minimum atomic E-state index is -0.510. The Labute approximate surface area is 108 Å². The van der Waals surface area contributed by atoms with Gasteiger partial charge in [-0.05, 0) is 25.0 Å². The van der Waals surface area contributed by atoms with E-state index in [0.29, 0.717) is 5.56 Å². The Kier molecular flexibility index (Phi) is 4.89. The van der Waals surface area contributed by atoms with E-state index in [-0.39, 0.29) is 17.7 Å². The van der Waals surface area contributed by atoms with Gasteiger partial charge in [-0.1, -0.05) is 31.5 Å². The highest BCUT2D eigenvalue weighted by Crippen LogP contribution is 2.06. The van der Waals surface area contributed by atoms with Crippen molar-refractivity contribution in [3.05, 3.63) is 35.4 Å². The van der Waals surface area contributed by atoms with Crippen LogP contribution in [0.5, 0.6) is 0 Å². The van der Waals surface area contributed by atoms with Gasteiger partial charge in [0.2, 0.25) is 5.91 Å². The zero-order chi connectivity index (χ0) is 13.7. The second kappa shape index (κ2) is 6.19. The zero-order valence-electron chi connectivity index (χ0n) is 11.3. The molecule has 4 heteroatoms. The van der Waals surface area contributed by atoms with E-state index in [0.717, 1.165) is 5.56 Å². The summed E-state index contributed by atoms with van der Waals surface area (Å²) in [6.45, 7) is 5.76. The molecule has 0 unspecified atom stereocenters. The van der Waals surface area contributed by atoms with E-state index in [1.54, 1.807) is 19.2 Å². The molecular weight excluding hydrogens is 228 g/mol. The first kappa shape index (κ1) is 14.2. The standard InChI is InChI=1S/C14H20N2O2/c1-9(2)12(14(18)15-4)16-13(17)11-7-5-10(3)6-8-11/h5-9,12H,1-4H3,(H,15,18)(H,16,17)/t12-/m0/s1. The van der Waals surface area contributed by atoms with Gasteiger partial charge in [0.15, 0.2) is 0 Å². The molecule has 0 saturated heterocycles. The highest BCUT2D eigenvalue weighted by Gasteiger charge is 2.23. The average Bonchev–Trinajstić information content (AvgIpc) is 2.35. The number of benzene rings is 1. The van der Waals surface area contributed by atoms with Gasteiger partial charge in [0, 0.05) is 12.6 Å². The second-order valence-electron chi connectivity index (χ2n) is 4.68. The first-order valence-electron chi connectivity index (χ1n) is 6.04. The predicted molar refractivity (Wildman–Crippen MR) is 71.3 cm³/mol. The van der Waals surface area contributed by atoms with Crippen LogP contribution in [0, 0.1) is 12.8 Å². The Morgan fingerprint density at radius 1 is 1.11 bits per heavy atom. The maximum Gasteiger partial charge on any atom is 0.251 e. The molecule has 0 aliphatic rings. The molecule has 18 heavy (non-hydrogen) atoms. The van der Waals surface area contributed by atoms with Crippen molar-refractivity contribution >= 4 is 11.8 Å². The van der Waals surface area contributed by atoms with Crippen molar-refractivity contribution in [1.82, 2.24) is 10.6 Å². The van der Waals surface area contributed by atoms with Gasteiger partial charge in [-0.25, -0.2) is 0 Å². The van der Waals surface area contributed by atoms with Crippen molar-refractivity contribution < 1.29 is 9.59 Å². The zero-order valence-corrected chi connectivity index (χ0v) is 11.3. The van der Waals surface area contributed by atoms with Gasteiger partial charge in [0.1, 0.15) is 6.04 Å². The molecular formula is C14H20N2O2. The molecule has 4 nitrogen and oxygen atoms in total. The highest BCUT2D eigenvalue weighted by molar-refractivity contribution is 5.97. The number of rotatable bonds is 4. The van der Waals surface area contributed by atoms with Crippen LogP contribution in [-0.2, 0) is 4.79 Å². The number of nitrogens with one attached hydrogen (secondary N) is 2. The molecule has 0 heterocycles. The van der Waals surface area contributed by atoms with Gasteiger partial charge < -0.3 is 10.6 Å². The van der Waals surface area contributed by atoms with Gasteiger partial charge >= 0.3 is 0 Å². The minimum absolute atomic E-state index is 0.0411. The molecule has 0 bridgehead atoms. The first-order chi connectivity index (χ1) is 8.45. The molecule has 0 radical (unpaired) electrons.